The van der Waals surface area contributed by atoms with E-state index in [0.717, 1.165) is 25.9 Å². The van der Waals surface area contributed by atoms with Crippen LogP contribution in [0.5, 0.6) is 0 Å². The number of benzene rings is 1. The third-order valence-electron chi connectivity index (χ3n) is 4.52. The van der Waals surface area contributed by atoms with Crippen LogP contribution in [0.25, 0.3) is 0 Å². The van der Waals surface area contributed by atoms with Crippen LogP contribution in [-0.4, -0.2) is 41.7 Å². The van der Waals surface area contributed by atoms with E-state index in [2.05, 4.69) is 22.2 Å². The fourth-order valence-electron chi connectivity index (χ4n) is 3.02. The van der Waals surface area contributed by atoms with Crippen molar-refractivity contribution in [2.75, 3.05) is 25.5 Å². The first kappa shape index (κ1) is 18.8. The number of nitrogens with one attached hydrogen (secondary N) is 1. The van der Waals surface area contributed by atoms with Gasteiger partial charge in [0.2, 0.25) is 0 Å². The summed E-state index contributed by atoms with van der Waals surface area (Å²) in [7, 11) is 2.05. The molecular weight excluding hydrogens is 373 g/mol. The van der Waals surface area contributed by atoms with E-state index < -0.39 is 5.91 Å². The fourth-order valence-corrected chi connectivity index (χ4v) is 3.58. The van der Waals surface area contributed by atoms with Gasteiger partial charge in [-0.05, 0) is 57.2 Å². The summed E-state index contributed by atoms with van der Waals surface area (Å²) in [4.78, 5) is 31.7. The van der Waals surface area contributed by atoms with E-state index in [4.69, 9.17) is 23.2 Å². The second-order valence-corrected chi connectivity index (χ2v) is 7.22. The van der Waals surface area contributed by atoms with E-state index in [9.17, 15) is 9.59 Å². The van der Waals surface area contributed by atoms with Gasteiger partial charge in [0.15, 0.2) is 5.78 Å². The molecule has 0 bridgehead atoms. The first-order valence-electron chi connectivity index (χ1n) is 8.41. The lowest BCUT2D eigenvalue weighted by molar-refractivity contribution is 0.0851. The number of anilines is 1. The number of halogens is 2. The number of ketones is 1. The van der Waals surface area contributed by atoms with Gasteiger partial charge in [0.1, 0.15) is 11.5 Å². The van der Waals surface area contributed by atoms with Crippen molar-refractivity contribution in [3.63, 3.8) is 0 Å². The molecule has 5 nitrogen and oxygen atoms in total. The van der Waals surface area contributed by atoms with E-state index >= 15 is 0 Å². The zero-order valence-electron chi connectivity index (χ0n) is 14.3. The van der Waals surface area contributed by atoms with Gasteiger partial charge in [-0.1, -0.05) is 35.3 Å². The highest BCUT2D eigenvalue weighted by Crippen LogP contribution is 2.25. The van der Waals surface area contributed by atoms with Crippen molar-refractivity contribution in [2.24, 2.45) is 5.92 Å². The third kappa shape index (κ3) is 4.23. The molecule has 0 aliphatic carbocycles. The lowest BCUT2D eigenvalue weighted by Gasteiger charge is -2.27. The number of carbonyl (C=O) groups excluding carboxylic acids is 2. The number of piperidine rings is 1. The smallest absolute Gasteiger partial charge is 0.259 e. The van der Waals surface area contributed by atoms with E-state index in [1.54, 1.807) is 36.4 Å². The van der Waals surface area contributed by atoms with Gasteiger partial charge in [0.25, 0.3) is 5.91 Å². The highest BCUT2D eigenvalue weighted by atomic mass is 35.5. The molecule has 0 spiro atoms. The van der Waals surface area contributed by atoms with Gasteiger partial charge in [-0.3, -0.25) is 9.59 Å². The molecule has 1 aromatic heterocycles. The number of hydrogen-bond acceptors (Lipinski definition) is 4. The van der Waals surface area contributed by atoms with E-state index in [-0.39, 0.29) is 27.3 Å². The van der Waals surface area contributed by atoms with Crippen molar-refractivity contribution in [3.05, 3.63) is 57.7 Å². The number of rotatable bonds is 4. The number of likely N-dealkylation sites (tertiary alicyclic amines) is 1. The molecular formula is C19H19Cl2N3O2. The Morgan fingerprint density at radius 1 is 1.08 bits per heavy atom. The van der Waals surface area contributed by atoms with Crippen LogP contribution in [0.3, 0.4) is 0 Å². The predicted molar refractivity (Wildman–Crippen MR) is 103 cm³/mol. The van der Waals surface area contributed by atoms with Crippen molar-refractivity contribution in [1.82, 2.24) is 9.88 Å². The average molecular weight is 392 g/mol. The number of amides is 1. The van der Waals surface area contributed by atoms with Crippen LogP contribution in [0, 0.1) is 5.92 Å². The highest BCUT2D eigenvalue weighted by molar-refractivity contribution is 6.40. The van der Waals surface area contributed by atoms with E-state index in [1.165, 1.54) is 0 Å². The number of nitrogens with zero attached hydrogens (tertiary/aromatic N) is 2. The van der Waals surface area contributed by atoms with Gasteiger partial charge in [0.05, 0.1) is 15.6 Å². The Morgan fingerprint density at radius 3 is 2.35 bits per heavy atom. The monoisotopic (exact) mass is 391 g/mol. The lowest BCUT2D eigenvalue weighted by Crippen LogP contribution is -2.33. The molecule has 136 valence electrons. The molecule has 0 unspecified atom stereocenters. The van der Waals surface area contributed by atoms with Crippen molar-refractivity contribution in [1.29, 1.82) is 0 Å². The van der Waals surface area contributed by atoms with Crippen LogP contribution < -0.4 is 5.32 Å². The summed E-state index contributed by atoms with van der Waals surface area (Å²) in [6.45, 7) is 1.80. The van der Waals surface area contributed by atoms with Crippen LogP contribution in [0.15, 0.2) is 36.4 Å². The molecule has 0 radical (unpaired) electrons. The van der Waals surface area contributed by atoms with Crippen LogP contribution in [0.1, 0.15) is 33.7 Å². The number of hydrogen-bond donors (Lipinski definition) is 1. The topological polar surface area (TPSA) is 62.3 Å². The fraction of sp³-hybridized carbons (Fsp3) is 0.316. The maximum Gasteiger partial charge on any atom is 0.259 e. The predicted octanol–water partition coefficient (Wildman–Crippen LogP) is 4.17. The summed E-state index contributed by atoms with van der Waals surface area (Å²) in [6, 6.07) is 9.87. The molecule has 1 aromatic carbocycles. The number of Topliss-reactive ketones (excluding diaryl/α,β-unsaturated/α-hetero) is 1. The summed E-state index contributed by atoms with van der Waals surface area (Å²) < 4.78 is 0. The number of carbonyl (C=O) groups is 2. The molecule has 1 N–H and O–H groups in total. The highest BCUT2D eigenvalue weighted by Gasteiger charge is 2.25. The van der Waals surface area contributed by atoms with Crippen molar-refractivity contribution >= 4 is 40.7 Å². The minimum absolute atomic E-state index is 0.0185. The molecule has 7 heteroatoms. The maximum atomic E-state index is 12.7. The Balaban J connectivity index is 1.75. The molecule has 2 heterocycles. The summed E-state index contributed by atoms with van der Waals surface area (Å²) in [5.74, 6) is -0.172. The minimum atomic E-state index is -0.461. The van der Waals surface area contributed by atoms with Gasteiger partial charge < -0.3 is 10.2 Å². The van der Waals surface area contributed by atoms with Gasteiger partial charge in [0, 0.05) is 5.92 Å². The molecule has 1 amide bonds. The lowest BCUT2D eigenvalue weighted by atomic mass is 9.91. The first-order valence-corrected chi connectivity index (χ1v) is 9.16. The first-order chi connectivity index (χ1) is 12.5. The quantitative estimate of drug-likeness (QED) is 0.794. The molecule has 26 heavy (non-hydrogen) atoms. The Hall–Kier alpha value is -1.95. The molecule has 0 saturated carbocycles. The Labute approximate surface area is 162 Å². The van der Waals surface area contributed by atoms with Crippen LogP contribution in [0.2, 0.25) is 10.0 Å². The van der Waals surface area contributed by atoms with Gasteiger partial charge in [-0.25, -0.2) is 4.98 Å². The normalized spacial score (nSPS) is 15.7. The molecule has 2 aromatic rings. The van der Waals surface area contributed by atoms with Crippen LogP contribution >= 0.6 is 23.2 Å². The largest absolute Gasteiger partial charge is 0.306 e. The number of pyridine rings is 1. The Kier molecular flexibility index (Phi) is 5.91. The molecule has 1 aliphatic heterocycles. The maximum absolute atomic E-state index is 12.7. The summed E-state index contributed by atoms with van der Waals surface area (Å²) in [5.41, 5.74) is 0.548. The van der Waals surface area contributed by atoms with Crippen molar-refractivity contribution < 1.29 is 9.59 Å². The molecule has 3 rings (SSSR count). The Bertz CT molecular complexity index is 813. The van der Waals surface area contributed by atoms with Crippen molar-refractivity contribution in [2.45, 2.75) is 12.8 Å². The van der Waals surface area contributed by atoms with Gasteiger partial charge >= 0.3 is 0 Å². The SMILES string of the molecule is CN1CCC(C(=O)c2cccc(NC(=O)c3c(Cl)cccc3Cl)n2)CC1. The molecule has 1 saturated heterocycles. The molecule has 1 aliphatic rings. The van der Waals surface area contributed by atoms with Crippen LogP contribution in [0.4, 0.5) is 5.82 Å². The summed E-state index contributed by atoms with van der Waals surface area (Å²) in [6.07, 6.45) is 1.64. The summed E-state index contributed by atoms with van der Waals surface area (Å²) in [5, 5.41) is 3.18. The second-order valence-electron chi connectivity index (χ2n) is 6.40. The number of aromatic nitrogens is 1. The zero-order chi connectivity index (χ0) is 18.7. The zero-order valence-corrected chi connectivity index (χ0v) is 15.8. The molecule has 1 fully saturated rings. The standard InChI is InChI=1S/C19H19Cl2N3O2/c1-24-10-8-12(9-11-24)18(25)15-6-3-7-16(22-15)23-19(26)17-13(20)4-2-5-14(17)21/h2-7,12H,8-11H2,1H3,(H,22,23,26). The average Bonchev–Trinajstić information content (AvgIpc) is 2.62. The second kappa shape index (κ2) is 8.16. The Morgan fingerprint density at radius 2 is 1.69 bits per heavy atom. The third-order valence-corrected chi connectivity index (χ3v) is 5.15. The van der Waals surface area contributed by atoms with Crippen molar-refractivity contribution in [3.8, 4) is 0 Å². The summed E-state index contributed by atoms with van der Waals surface area (Å²) >= 11 is 12.1. The van der Waals surface area contributed by atoms with Crippen LogP contribution in [-0.2, 0) is 0 Å². The van der Waals surface area contributed by atoms with Gasteiger partial charge in [-0.2, -0.15) is 0 Å². The van der Waals surface area contributed by atoms with E-state index in [1.807, 2.05) is 0 Å². The molecule has 0 atom stereocenters. The van der Waals surface area contributed by atoms with Gasteiger partial charge in [-0.15, -0.1) is 0 Å². The van der Waals surface area contributed by atoms with E-state index in [0.29, 0.717) is 11.5 Å². The minimum Gasteiger partial charge on any atom is -0.306 e.